The summed E-state index contributed by atoms with van der Waals surface area (Å²) in [6.45, 7) is 3.74. The quantitative estimate of drug-likeness (QED) is 0.787. The summed E-state index contributed by atoms with van der Waals surface area (Å²) in [5.74, 6) is 0.399. The number of hydrogen-bond acceptors (Lipinski definition) is 5. The molecule has 1 aromatic heterocycles. The molecule has 0 spiro atoms. The number of carbonyl (C=O) groups is 2. The van der Waals surface area contributed by atoms with E-state index in [1.54, 1.807) is 0 Å². The number of thioether (sulfide) groups is 1. The van der Waals surface area contributed by atoms with Crippen LogP contribution in [-0.4, -0.2) is 40.5 Å². The highest BCUT2D eigenvalue weighted by Gasteiger charge is 2.19. The average molecular weight is 376 g/mol. The normalized spacial score (nSPS) is 13.9. The molecule has 1 aliphatic heterocycles. The summed E-state index contributed by atoms with van der Waals surface area (Å²) < 4.78 is 0.822. The Labute approximate surface area is 155 Å². The van der Waals surface area contributed by atoms with Gasteiger partial charge < -0.3 is 10.2 Å². The highest BCUT2D eigenvalue weighted by atomic mass is 32.2. The lowest BCUT2D eigenvalue weighted by Gasteiger charge is -2.13. The molecule has 0 saturated carbocycles. The van der Waals surface area contributed by atoms with Crippen molar-refractivity contribution in [1.29, 1.82) is 0 Å². The number of carbonyl (C=O) groups excluding carboxylic acids is 2. The van der Waals surface area contributed by atoms with Gasteiger partial charge in [-0.05, 0) is 31.9 Å². The molecule has 5 nitrogen and oxygen atoms in total. The first-order valence-corrected chi connectivity index (χ1v) is 10.2. The topological polar surface area (TPSA) is 62.3 Å². The van der Waals surface area contributed by atoms with E-state index in [9.17, 15) is 9.59 Å². The Morgan fingerprint density at radius 2 is 1.96 bits per heavy atom. The maximum absolute atomic E-state index is 12.1. The number of anilines is 1. The first-order valence-electron chi connectivity index (χ1n) is 8.31. The van der Waals surface area contributed by atoms with Gasteiger partial charge in [-0.15, -0.1) is 11.3 Å². The minimum absolute atomic E-state index is 0.0567. The molecular weight excluding hydrogens is 354 g/mol. The van der Waals surface area contributed by atoms with Crippen molar-refractivity contribution in [1.82, 2.24) is 9.88 Å². The molecule has 0 unspecified atom stereocenters. The van der Waals surface area contributed by atoms with Crippen LogP contribution in [0.1, 0.15) is 24.1 Å². The number of thiazole rings is 1. The van der Waals surface area contributed by atoms with Gasteiger partial charge >= 0.3 is 0 Å². The number of aryl methyl sites for hydroxylation is 1. The molecule has 0 radical (unpaired) electrons. The summed E-state index contributed by atoms with van der Waals surface area (Å²) in [6.07, 6.45) is 2.55. The summed E-state index contributed by atoms with van der Waals surface area (Å²) in [6, 6.07) is 7.72. The summed E-state index contributed by atoms with van der Waals surface area (Å²) in [7, 11) is 0. The average Bonchev–Trinajstić information content (AvgIpc) is 3.27. The molecule has 0 bridgehead atoms. The van der Waals surface area contributed by atoms with Gasteiger partial charge in [0.1, 0.15) is 0 Å². The molecular formula is C18H21N3O2S2. The zero-order valence-electron chi connectivity index (χ0n) is 14.2. The number of likely N-dealkylation sites (tertiary alicyclic amines) is 1. The lowest BCUT2D eigenvalue weighted by molar-refractivity contribution is -0.129. The van der Waals surface area contributed by atoms with Gasteiger partial charge in [-0.3, -0.25) is 9.59 Å². The van der Waals surface area contributed by atoms with E-state index in [2.05, 4.69) is 10.3 Å². The van der Waals surface area contributed by atoms with Crippen LogP contribution in [0.4, 0.5) is 5.69 Å². The van der Waals surface area contributed by atoms with Crippen LogP contribution in [0.5, 0.6) is 0 Å². The molecule has 1 saturated heterocycles. The number of nitrogens with zero attached hydrogens (tertiary/aromatic N) is 2. The van der Waals surface area contributed by atoms with Gasteiger partial charge in [-0.25, -0.2) is 4.98 Å². The van der Waals surface area contributed by atoms with Crippen molar-refractivity contribution in [3.8, 4) is 0 Å². The van der Waals surface area contributed by atoms with Gasteiger partial charge in [0.05, 0.1) is 17.9 Å². The van der Waals surface area contributed by atoms with E-state index >= 15 is 0 Å². The standard InChI is InChI=1S/C18H21N3O2S2/c1-13-4-6-14(7-5-13)19-16(22)12-25-18-20-15(11-24-18)10-17(23)21-8-2-3-9-21/h4-7,11H,2-3,8-10,12H2,1H3,(H,19,22). The fourth-order valence-electron chi connectivity index (χ4n) is 2.63. The van der Waals surface area contributed by atoms with Gasteiger partial charge in [0.15, 0.2) is 4.34 Å². The van der Waals surface area contributed by atoms with Crippen LogP contribution >= 0.6 is 23.1 Å². The Hall–Kier alpha value is -1.86. The molecule has 7 heteroatoms. The monoisotopic (exact) mass is 375 g/mol. The van der Waals surface area contributed by atoms with Crippen molar-refractivity contribution in [2.24, 2.45) is 0 Å². The van der Waals surface area contributed by atoms with Gasteiger partial charge in [-0.2, -0.15) is 0 Å². The fraction of sp³-hybridized carbons (Fsp3) is 0.389. The Kier molecular flexibility index (Phi) is 6.09. The third kappa shape index (κ3) is 5.31. The smallest absolute Gasteiger partial charge is 0.234 e. The summed E-state index contributed by atoms with van der Waals surface area (Å²) in [5, 5.41) is 4.78. The highest BCUT2D eigenvalue weighted by Crippen LogP contribution is 2.23. The summed E-state index contributed by atoms with van der Waals surface area (Å²) in [5.41, 5.74) is 2.75. The van der Waals surface area contributed by atoms with Crippen LogP contribution in [0.3, 0.4) is 0 Å². The maximum atomic E-state index is 12.1. The van der Waals surface area contributed by atoms with Gasteiger partial charge in [0.2, 0.25) is 11.8 Å². The first-order chi connectivity index (χ1) is 12.1. The molecule has 25 heavy (non-hydrogen) atoms. The van der Waals surface area contributed by atoms with Crippen molar-refractivity contribution in [3.05, 3.63) is 40.9 Å². The molecule has 2 amide bonds. The van der Waals surface area contributed by atoms with Gasteiger partial charge in [0.25, 0.3) is 0 Å². The number of amides is 2. The number of aromatic nitrogens is 1. The highest BCUT2D eigenvalue weighted by molar-refractivity contribution is 8.01. The van der Waals surface area contributed by atoms with E-state index in [4.69, 9.17) is 0 Å². The second kappa shape index (κ2) is 8.49. The molecule has 2 aromatic rings. The zero-order valence-corrected chi connectivity index (χ0v) is 15.8. The molecule has 1 N–H and O–H groups in total. The van der Waals surface area contributed by atoms with Crippen LogP contribution in [-0.2, 0) is 16.0 Å². The van der Waals surface area contributed by atoms with Crippen molar-refractivity contribution < 1.29 is 9.59 Å². The predicted octanol–water partition coefficient (Wildman–Crippen LogP) is 3.35. The van der Waals surface area contributed by atoms with E-state index in [-0.39, 0.29) is 11.8 Å². The predicted molar refractivity (Wildman–Crippen MR) is 102 cm³/mol. The summed E-state index contributed by atoms with van der Waals surface area (Å²) in [4.78, 5) is 30.5. The molecule has 2 heterocycles. The van der Waals surface area contributed by atoms with Gasteiger partial charge in [0, 0.05) is 24.2 Å². The Bertz CT molecular complexity index is 737. The van der Waals surface area contributed by atoms with E-state index in [0.29, 0.717) is 12.2 Å². The zero-order chi connectivity index (χ0) is 17.6. The third-order valence-corrected chi connectivity index (χ3v) is 6.05. The molecule has 0 aliphatic carbocycles. The largest absolute Gasteiger partial charge is 0.342 e. The lowest BCUT2D eigenvalue weighted by Crippen LogP contribution is -2.29. The van der Waals surface area contributed by atoms with E-state index in [1.807, 2.05) is 41.5 Å². The molecule has 1 fully saturated rings. The Balaban J connectivity index is 1.45. The Morgan fingerprint density at radius 3 is 2.68 bits per heavy atom. The number of nitrogens with one attached hydrogen (secondary N) is 1. The number of rotatable bonds is 6. The van der Waals surface area contributed by atoms with Crippen LogP contribution in [0.2, 0.25) is 0 Å². The van der Waals surface area contributed by atoms with Crippen molar-refractivity contribution >= 4 is 40.6 Å². The maximum Gasteiger partial charge on any atom is 0.234 e. The minimum Gasteiger partial charge on any atom is -0.342 e. The molecule has 3 rings (SSSR count). The lowest BCUT2D eigenvalue weighted by atomic mass is 10.2. The molecule has 132 valence electrons. The van der Waals surface area contributed by atoms with Crippen molar-refractivity contribution in [2.45, 2.75) is 30.5 Å². The van der Waals surface area contributed by atoms with Crippen LogP contribution < -0.4 is 5.32 Å². The molecule has 1 aliphatic rings. The van der Waals surface area contributed by atoms with Crippen molar-refractivity contribution in [2.75, 3.05) is 24.2 Å². The van der Waals surface area contributed by atoms with Gasteiger partial charge in [-0.1, -0.05) is 29.5 Å². The van der Waals surface area contributed by atoms with Crippen LogP contribution in [0.25, 0.3) is 0 Å². The summed E-state index contributed by atoms with van der Waals surface area (Å²) >= 11 is 2.89. The molecule has 1 aromatic carbocycles. The van der Waals surface area contributed by atoms with E-state index < -0.39 is 0 Å². The SMILES string of the molecule is Cc1ccc(NC(=O)CSc2nc(CC(=O)N3CCCC3)cs2)cc1. The third-order valence-electron chi connectivity index (χ3n) is 3.98. The fourth-order valence-corrected chi connectivity index (χ4v) is 4.28. The van der Waals surface area contributed by atoms with Crippen LogP contribution in [0, 0.1) is 6.92 Å². The van der Waals surface area contributed by atoms with Crippen LogP contribution in [0.15, 0.2) is 34.0 Å². The number of benzene rings is 1. The Morgan fingerprint density at radius 1 is 1.24 bits per heavy atom. The van der Waals surface area contributed by atoms with Crippen molar-refractivity contribution in [3.63, 3.8) is 0 Å². The van der Waals surface area contributed by atoms with E-state index in [1.165, 1.54) is 23.1 Å². The number of hydrogen-bond donors (Lipinski definition) is 1. The first kappa shape index (κ1) is 17.9. The molecule has 0 atom stereocenters. The second-order valence-corrected chi connectivity index (χ2v) is 8.15. The van der Waals surface area contributed by atoms with E-state index in [0.717, 1.165) is 47.2 Å². The minimum atomic E-state index is -0.0567. The second-order valence-electron chi connectivity index (χ2n) is 6.07.